The van der Waals surface area contributed by atoms with Gasteiger partial charge in [0.1, 0.15) is 5.58 Å². The molecule has 0 aliphatic heterocycles. The number of hydrogen-bond donors (Lipinski definition) is 1. The van der Waals surface area contributed by atoms with Crippen molar-refractivity contribution in [2.24, 2.45) is 0 Å². The predicted octanol–water partition coefficient (Wildman–Crippen LogP) is 3.39. The highest BCUT2D eigenvalue weighted by atomic mass is 16.3. The van der Waals surface area contributed by atoms with Crippen LogP contribution in [0.3, 0.4) is 0 Å². The fourth-order valence-electron chi connectivity index (χ4n) is 3.08. The van der Waals surface area contributed by atoms with E-state index in [0.717, 1.165) is 16.5 Å². The van der Waals surface area contributed by atoms with Crippen molar-refractivity contribution < 1.29 is 14.0 Å². The zero-order valence-electron chi connectivity index (χ0n) is 15.8. The molecular formula is C20H28N2O3. The summed E-state index contributed by atoms with van der Waals surface area (Å²) in [5.41, 5.74) is 4.13. The second kappa shape index (κ2) is 8.19. The number of fused-ring (bicyclic) bond motifs is 1. The molecular weight excluding hydrogens is 316 g/mol. The second-order valence-corrected chi connectivity index (χ2v) is 6.66. The van der Waals surface area contributed by atoms with Crippen LogP contribution in [0.1, 0.15) is 50.3 Å². The summed E-state index contributed by atoms with van der Waals surface area (Å²) in [7, 11) is 0. The Morgan fingerprint density at radius 2 is 1.96 bits per heavy atom. The third kappa shape index (κ3) is 4.41. The van der Waals surface area contributed by atoms with Crippen molar-refractivity contribution in [3.05, 3.63) is 35.1 Å². The Hall–Kier alpha value is -2.30. The van der Waals surface area contributed by atoms with Crippen LogP contribution in [0.5, 0.6) is 0 Å². The van der Waals surface area contributed by atoms with E-state index in [-0.39, 0.29) is 24.8 Å². The monoisotopic (exact) mass is 344 g/mol. The molecule has 136 valence electrons. The highest BCUT2D eigenvalue weighted by Gasteiger charge is 2.19. The minimum atomic E-state index is -0.132. The van der Waals surface area contributed by atoms with Gasteiger partial charge in [0.05, 0.1) is 19.2 Å². The number of likely N-dealkylation sites (N-methyl/N-ethyl adjacent to an activating group) is 2. The summed E-state index contributed by atoms with van der Waals surface area (Å²) < 4.78 is 5.65. The average Bonchev–Trinajstić information content (AvgIpc) is 2.93. The zero-order valence-corrected chi connectivity index (χ0v) is 15.8. The van der Waals surface area contributed by atoms with Gasteiger partial charge in [0.2, 0.25) is 11.8 Å². The molecule has 1 heterocycles. The van der Waals surface area contributed by atoms with E-state index in [9.17, 15) is 9.59 Å². The van der Waals surface area contributed by atoms with Crippen molar-refractivity contribution in [1.29, 1.82) is 0 Å². The summed E-state index contributed by atoms with van der Waals surface area (Å²) in [6, 6.07) is 4.16. The van der Waals surface area contributed by atoms with E-state index in [4.69, 9.17) is 4.42 Å². The average molecular weight is 344 g/mol. The number of aryl methyl sites for hydroxylation is 1. The molecule has 5 heteroatoms. The molecule has 0 bridgehead atoms. The molecule has 0 aliphatic rings. The van der Waals surface area contributed by atoms with Crippen molar-refractivity contribution >= 4 is 22.8 Å². The van der Waals surface area contributed by atoms with Crippen LogP contribution in [0.2, 0.25) is 0 Å². The maximum atomic E-state index is 12.6. The molecule has 1 N–H and O–H groups in total. The van der Waals surface area contributed by atoms with Gasteiger partial charge in [-0.05, 0) is 49.9 Å². The number of amides is 2. The van der Waals surface area contributed by atoms with Gasteiger partial charge in [-0.3, -0.25) is 9.59 Å². The maximum absolute atomic E-state index is 12.6. The van der Waals surface area contributed by atoms with Gasteiger partial charge < -0.3 is 14.6 Å². The summed E-state index contributed by atoms with van der Waals surface area (Å²) in [5.74, 6) is 0.211. The number of benzene rings is 1. The highest BCUT2D eigenvalue weighted by molar-refractivity contribution is 5.90. The van der Waals surface area contributed by atoms with Crippen molar-refractivity contribution in [3.63, 3.8) is 0 Å². The molecule has 0 saturated heterocycles. The quantitative estimate of drug-likeness (QED) is 0.837. The maximum Gasteiger partial charge on any atom is 0.239 e. The van der Waals surface area contributed by atoms with Crippen LogP contribution in [0.15, 0.2) is 22.8 Å². The van der Waals surface area contributed by atoms with E-state index in [2.05, 4.69) is 32.2 Å². The van der Waals surface area contributed by atoms with Crippen LogP contribution in [0.4, 0.5) is 0 Å². The van der Waals surface area contributed by atoms with Crippen molar-refractivity contribution in [2.45, 2.75) is 47.0 Å². The highest BCUT2D eigenvalue weighted by Crippen LogP contribution is 2.29. The number of hydrogen-bond acceptors (Lipinski definition) is 3. The van der Waals surface area contributed by atoms with Gasteiger partial charge in [-0.1, -0.05) is 13.8 Å². The van der Waals surface area contributed by atoms with Crippen LogP contribution < -0.4 is 5.32 Å². The normalized spacial score (nSPS) is 11.1. The van der Waals surface area contributed by atoms with Crippen molar-refractivity contribution in [2.75, 3.05) is 19.6 Å². The first-order valence-electron chi connectivity index (χ1n) is 8.92. The smallest absolute Gasteiger partial charge is 0.239 e. The van der Waals surface area contributed by atoms with Gasteiger partial charge in [0.15, 0.2) is 0 Å². The molecule has 5 nitrogen and oxygen atoms in total. The van der Waals surface area contributed by atoms with Gasteiger partial charge in [-0.2, -0.15) is 0 Å². The summed E-state index contributed by atoms with van der Waals surface area (Å²) >= 11 is 0. The lowest BCUT2D eigenvalue weighted by Crippen LogP contribution is -2.41. The number of nitrogens with zero attached hydrogens (tertiary/aromatic N) is 1. The van der Waals surface area contributed by atoms with Gasteiger partial charge in [0.25, 0.3) is 0 Å². The first-order chi connectivity index (χ1) is 11.9. The first kappa shape index (κ1) is 19.0. The topological polar surface area (TPSA) is 62.6 Å². The van der Waals surface area contributed by atoms with E-state index >= 15 is 0 Å². The minimum absolute atomic E-state index is 0.0666. The third-order valence-electron chi connectivity index (χ3n) is 4.45. The summed E-state index contributed by atoms with van der Waals surface area (Å²) in [5, 5.41) is 3.71. The largest absolute Gasteiger partial charge is 0.464 e. The number of carbonyl (C=O) groups is 2. The molecule has 1 aromatic heterocycles. The lowest BCUT2D eigenvalue weighted by atomic mass is 9.95. The van der Waals surface area contributed by atoms with E-state index < -0.39 is 0 Å². The molecule has 25 heavy (non-hydrogen) atoms. The molecule has 0 atom stereocenters. The first-order valence-corrected chi connectivity index (χ1v) is 8.92. The van der Waals surface area contributed by atoms with Crippen LogP contribution in [0, 0.1) is 6.92 Å². The number of nitrogens with one attached hydrogen (secondary N) is 1. The van der Waals surface area contributed by atoms with Crippen LogP contribution in [0.25, 0.3) is 11.0 Å². The fourth-order valence-corrected chi connectivity index (χ4v) is 3.08. The summed E-state index contributed by atoms with van der Waals surface area (Å²) in [6.07, 6.45) is 1.90. The molecule has 2 aromatic rings. The molecule has 2 rings (SSSR count). The minimum Gasteiger partial charge on any atom is -0.464 e. The molecule has 2 amide bonds. The molecule has 0 unspecified atom stereocenters. The lowest BCUT2D eigenvalue weighted by molar-refractivity contribution is -0.135. The Kier molecular flexibility index (Phi) is 6.23. The number of carbonyl (C=O) groups excluding carboxylic acids is 2. The molecule has 0 saturated carbocycles. The third-order valence-corrected chi connectivity index (χ3v) is 4.45. The van der Waals surface area contributed by atoms with Gasteiger partial charge >= 0.3 is 0 Å². The van der Waals surface area contributed by atoms with Gasteiger partial charge in [-0.15, -0.1) is 0 Å². The molecule has 0 aliphatic carbocycles. The van der Waals surface area contributed by atoms with E-state index in [0.29, 0.717) is 19.0 Å². The number of furan rings is 1. The Morgan fingerprint density at radius 3 is 2.56 bits per heavy atom. The van der Waals surface area contributed by atoms with Gasteiger partial charge in [-0.25, -0.2) is 0 Å². The molecule has 0 fully saturated rings. The summed E-state index contributed by atoms with van der Waals surface area (Å²) in [4.78, 5) is 26.0. The van der Waals surface area contributed by atoms with E-state index in [1.165, 1.54) is 11.1 Å². The summed E-state index contributed by atoms with van der Waals surface area (Å²) in [6.45, 7) is 11.3. The lowest BCUT2D eigenvalue weighted by Gasteiger charge is -2.20. The fraction of sp³-hybridized carbons (Fsp3) is 0.500. The van der Waals surface area contributed by atoms with Crippen LogP contribution in [-0.2, 0) is 16.0 Å². The van der Waals surface area contributed by atoms with Crippen molar-refractivity contribution in [1.82, 2.24) is 10.2 Å². The van der Waals surface area contributed by atoms with Crippen LogP contribution >= 0.6 is 0 Å². The molecule has 0 radical (unpaired) electrons. The Labute approximate surface area is 149 Å². The Balaban J connectivity index is 2.22. The van der Waals surface area contributed by atoms with Crippen molar-refractivity contribution in [3.8, 4) is 0 Å². The SMILES string of the molecule is CCNC(=O)CN(CC)C(=O)Cc1coc2cc(C)c(C(C)C)cc12. The standard InChI is InChI=1S/C20H28N2O3/c1-6-21-19(23)11-22(7-2)20(24)9-15-12-25-18-8-14(5)16(13(3)4)10-17(15)18/h8,10,12-13H,6-7,9,11H2,1-5H3,(H,21,23). The Morgan fingerprint density at radius 1 is 1.24 bits per heavy atom. The molecule has 1 aromatic carbocycles. The molecule has 0 spiro atoms. The van der Waals surface area contributed by atoms with Crippen LogP contribution in [-0.4, -0.2) is 36.3 Å². The predicted molar refractivity (Wildman–Crippen MR) is 99.7 cm³/mol. The van der Waals surface area contributed by atoms with E-state index in [1.807, 2.05) is 19.9 Å². The van der Waals surface area contributed by atoms with E-state index in [1.54, 1.807) is 11.2 Å². The number of rotatable bonds is 7. The van der Waals surface area contributed by atoms with Gasteiger partial charge in [0, 0.05) is 24.0 Å². The zero-order chi connectivity index (χ0) is 18.6. The Bertz CT molecular complexity index is 762. The second-order valence-electron chi connectivity index (χ2n) is 6.66.